The van der Waals surface area contributed by atoms with Gasteiger partial charge in [0.05, 0.1) is 36.0 Å². The van der Waals surface area contributed by atoms with Crippen molar-refractivity contribution in [2.75, 3.05) is 19.1 Å². The second-order valence-corrected chi connectivity index (χ2v) is 14.0. The number of hydrogen-bond acceptors (Lipinski definition) is 8. The summed E-state index contributed by atoms with van der Waals surface area (Å²) in [5, 5.41) is 21.6. The molecule has 4 amide bonds. The second kappa shape index (κ2) is 13.4. The van der Waals surface area contributed by atoms with E-state index >= 15 is 4.79 Å². The molecule has 2 heterocycles. The largest absolute Gasteiger partial charge is 0.508 e. The minimum atomic E-state index is -1.51. The molecular formula is C40H41N3O8. The molecule has 4 aliphatic rings. The summed E-state index contributed by atoms with van der Waals surface area (Å²) in [5.41, 5.74) is 4.87. The third-order valence-corrected chi connectivity index (χ3v) is 11.3. The van der Waals surface area contributed by atoms with Gasteiger partial charge in [-0.1, -0.05) is 66.1 Å². The molecular weight excluding hydrogens is 650 g/mol. The fourth-order valence-electron chi connectivity index (χ4n) is 8.99. The molecule has 3 aromatic carbocycles. The first-order chi connectivity index (χ1) is 24.6. The number of imide groups is 2. The van der Waals surface area contributed by atoms with E-state index in [1.807, 2.05) is 55.5 Å². The van der Waals surface area contributed by atoms with Crippen LogP contribution in [0, 0.1) is 30.6 Å². The van der Waals surface area contributed by atoms with Crippen molar-refractivity contribution < 1.29 is 38.9 Å². The quantitative estimate of drug-likeness (QED) is 0.137. The molecule has 7 rings (SSSR count). The number of amides is 4. The number of carbonyl (C=O) groups excluding carboxylic acids is 4. The van der Waals surface area contributed by atoms with Gasteiger partial charge in [-0.2, -0.15) is 5.01 Å². The molecule has 0 spiro atoms. The van der Waals surface area contributed by atoms with Crippen molar-refractivity contribution >= 4 is 35.3 Å². The topological polar surface area (TPSA) is 154 Å². The van der Waals surface area contributed by atoms with Crippen molar-refractivity contribution in [3.05, 3.63) is 101 Å². The zero-order valence-corrected chi connectivity index (χ0v) is 28.6. The number of unbranched alkanes of at least 4 members (excludes halogenated alkanes) is 2. The number of carboxylic acids is 1. The summed E-state index contributed by atoms with van der Waals surface area (Å²) >= 11 is 0. The summed E-state index contributed by atoms with van der Waals surface area (Å²) in [6.45, 7) is 2.13. The third kappa shape index (κ3) is 5.55. The van der Waals surface area contributed by atoms with Gasteiger partial charge in [0.1, 0.15) is 11.5 Å². The first-order valence-corrected chi connectivity index (χ1v) is 17.5. The lowest BCUT2D eigenvalue weighted by Gasteiger charge is -2.50. The lowest BCUT2D eigenvalue weighted by molar-refractivity contribution is -0.141. The number of nitrogens with zero attached hydrogens (tertiary/aromatic N) is 2. The van der Waals surface area contributed by atoms with Crippen LogP contribution in [-0.2, 0) is 29.4 Å². The number of carbonyl (C=O) groups is 5. The number of aryl methyl sites for hydroxylation is 1. The van der Waals surface area contributed by atoms with Crippen molar-refractivity contribution in [1.29, 1.82) is 0 Å². The molecule has 11 heteroatoms. The molecule has 0 bridgehead atoms. The van der Waals surface area contributed by atoms with Gasteiger partial charge in [-0.3, -0.25) is 34.3 Å². The summed E-state index contributed by atoms with van der Waals surface area (Å²) in [4.78, 5) is 70.3. The maximum Gasteiger partial charge on any atom is 0.303 e. The standard InChI is InChI=1S/C40H41N3O8/c1-23-12-14-25(15-13-23)41-43-37(48)31-22-29-27(17-18-28-34(29)38(49)42(36(28)47)20-8-4-7-11-33(45)46)35(30-21-26(51-2)16-19-32(30)44)40(31,39(43)50)24-9-5-3-6-10-24/h3,5-6,9-10,12-17,19,21,28-29,31,34-35,41,44H,4,7-8,11,18,20,22H2,1-2H3,(H,45,46). The molecule has 6 unspecified atom stereocenters. The number of anilines is 1. The van der Waals surface area contributed by atoms with Crippen molar-refractivity contribution in [2.45, 2.75) is 56.8 Å². The average molecular weight is 692 g/mol. The van der Waals surface area contributed by atoms with Gasteiger partial charge in [0, 0.05) is 24.4 Å². The van der Waals surface area contributed by atoms with E-state index in [1.165, 1.54) is 18.1 Å². The molecule has 3 fully saturated rings. The summed E-state index contributed by atoms with van der Waals surface area (Å²) < 4.78 is 5.58. The Balaban J connectivity index is 1.35. The maximum absolute atomic E-state index is 15.2. The van der Waals surface area contributed by atoms with Crippen LogP contribution in [0.25, 0.3) is 0 Å². The van der Waals surface area contributed by atoms with Crippen molar-refractivity contribution in [3.8, 4) is 11.5 Å². The highest BCUT2D eigenvalue weighted by Crippen LogP contribution is 2.65. The molecule has 3 aromatic rings. The summed E-state index contributed by atoms with van der Waals surface area (Å²) in [5.74, 6) is -5.80. The number of rotatable bonds is 11. The predicted molar refractivity (Wildman–Crippen MR) is 186 cm³/mol. The van der Waals surface area contributed by atoms with E-state index in [9.17, 15) is 24.3 Å². The van der Waals surface area contributed by atoms with Crippen molar-refractivity contribution in [2.24, 2.45) is 23.7 Å². The fourth-order valence-corrected chi connectivity index (χ4v) is 8.99. The van der Waals surface area contributed by atoms with Crippen molar-refractivity contribution in [3.63, 3.8) is 0 Å². The number of likely N-dealkylation sites (tertiary alicyclic amines) is 1. The van der Waals surface area contributed by atoms with Crippen LogP contribution in [0.4, 0.5) is 5.69 Å². The predicted octanol–water partition coefficient (Wildman–Crippen LogP) is 5.34. The molecule has 3 N–H and O–H groups in total. The van der Waals surface area contributed by atoms with Gasteiger partial charge in [0.2, 0.25) is 11.8 Å². The molecule has 2 saturated heterocycles. The zero-order valence-electron chi connectivity index (χ0n) is 28.6. The Kier molecular flexibility index (Phi) is 8.91. The van der Waals surface area contributed by atoms with Crippen LogP contribution in [-0.4, -0.2) is 63.4 Å². The number of ether oxygens (including phenoxy) is 1. The number of hydrogen-bond donors (Lipinski definition) is 3. The van der Waals surface area contributed by atoms with Gasteiger partial charge in [-0.05, 0) is 74.4 Å². The number of aliphatic carboxylic acids is 1. The number of fused-ring (bicyclic) bond motifs is 4. The zero-order chi connectivity index (χ0) is 36.0. The molecule has 11 nitrogen and oxygen atoms in total. The van der Waals surface area contributed by atoms with Crippen LogP contribution in [0.5, 0.6) is 11.5 Å². The number of phenolic OH excluding ortho intramolecular Hbond substituents is 1. The third-order valence-electron chi connectivity index (χ3n) is 11.3. The van der Waals surface area contributed by atoms with Gasteiger partial charge in [-0.15, -0.1) is 0 Å². The average Bonchev–Trinajstić information content (AvgIpc) is 3.50. The number of hydrazine groups is 1. The molecule has 6 atom stereocenters. The van der Waals surface area contributed by atoms with Gasteiger partial charge in [0.25, 0.3) is 11.8 Å². The van der Waals surface area contributed by atoms with Gasteiger partial charge >= 0.3 is 5.97 Å². The summed E-state index contributed by atoms with van der Waals surface area (Å²) in [6, 6.07) is 21.3. The number of carboxylic acid groups (broad SMARTS) is 1. The monoisotopic (exact) mass is 691 g/mol. The van der Waals surface area contributed by atoms with E-state index in [0.717, 1.165) is 16.1 Å². The number of allylic oxidation sites excluding steroid dienone is 2. The maximum atomic E-state index is 15.2. The van der Waals surface area contributed by atoms with E-state index < -0.39 is 52.8 Å². The molecule has 0 aromatic heterocycles. The lowest BCUT2D eigenvalue weighted by Crippen LogP contribution is -2.53. The van der Waals surface area contributed by atoms with Gasteiger partial charge < -0.3 is 14.9 Å². The van der Waals surface area contributed by atoms with E-state index in [1.54, 1.807) is 24.3 Å². The van der Waals surface area contributed by atoms with E-state index in [-0.39, 0.29) is 43.4 Å². The second-order valence-electron chi connectivity index (χ2n) is 14.0. The van der Waals surface area contributed by atoms with Crippen LogP contribution in [0.3, 0.4) is 0 Å². The Bertz CT molecular complexity index is 1930. The number of nitrogens with one attached hydrogen (secondary N) is 1. The first-order valence-electron chi connectivity index (χ1n) is 17.5. The van der Waals surface area contributed by atoms with Gasteiger partial charge in [-0.25, -0.2) is 0 Å². The molecule has 0 radical (unpaired) electrons. The van der Waals surface area contributed by atoms with Crippen molar-refractivity contribution in [1.82, 2.24) is 9.91 Å². The number of methoxy groups -OCH3 is 1. The lowest BCUT2D eigenvalue weighted by atomic mass is 9.49. The first kappa shape index (κ1) is 34.0. The SMILES string of the molecule is COc1ccc(O)c(C2C3=CCC4C(=O)N(CCCCCC(=O)O)C(=O)C4C3CC3C(=O)N(Nc4ccc(C)cc4)C(=O)C32c2ccccc2)c1. The van der Waals surface area contributed by atoms with Crippen LogP contribution in [0.1, 0.15) is 61.1 Å². The van der Waals surface area contributed by atoms with Crippen LogP contribution < -0.4 is 10.2 Å². The Morgan fingerprint density at radius 2 is 1.67 bits per heavy atom. The van der Waals surface area contributed by atoms with E-state index in [4.69, 9.17) is 9.84 Å². The molecule has 264 valence electrons. The molecule has 1 saturated carbocycles. The highest BCUT2D eigenvalue weighted by molar-refractivity contribution is 6.13. The smallest absolute Gasteiger partial charge is 0.303 e. The van der Waals surface area contributed by atoms with E-state index in [2.05, 4.69) is 5.43 Å². The van der Waals surface area contributed by atoms with Crippen LogP contribution >= 0.6 is 0 Å². The number of benzene rings is 3. The summed E-state index contributed by atoms with van der Waals surface area (Å²) in [6.07, 6.45) is 3.88. The Hall–Kier alpha value is -5.45. The minimum Gasteiger partial charge on any atom is -0.508 e. The molecule has 51 heavy (non-hydrogen) atoms. The highest BCUT2D eigenvalue weighted by Gasteiger charge is 2.70. The van der Waals surface area contributed by atoms with Crippen LogP contribution in [0.2, 0.25) is 0 Å². The van der Waals surface area contributed by atoms with Gasteiger partial charge in [0.15, 0.2) is 0 Å². The molecule has 2 aliphatic carbocycles. The Labute approximate surface area is 295 Å². The Morgan fingerprint density at radius 3 is 2.37 bits per heavy atom. The van der Waals surface area contributed by atoms with E-state index in [0.29, 0.717) is 41.8 Å². The Morgan fingerprint density at radius 1 is 0.922 bits per heavy atom. The van der Waals surface area contributed by atoms with Crippen LogP contribution in [0.15, 0.2) is 84.4 Å². The highest BCUT2D eigenvalue weighted by atomic mass is 16.5. The number of aromatic hydroxyl groups is 1. The minimum absolute atomic E-state index is 0.0219. The number of phenols is 1. The summed E-state index contributed by atoms with van der Waals surface area (Å²) in [7, 11) is 1.51. The molecule has 2 aliphatic heterocycles. The fraction of sp³-hybridized carbons (Fsp3) is 0.375. The normalized spacial score (nSPS) is 26.8.